The number of halogens is 4. The Bertz CT molecular complexity index is 494. The third-order valence-corrected chi connectivity index (χ3v) is 3.70. The van der Waals surface area contributed by atoms with Gasteiger partial charge in [-0.05, 0) is 25.5 Å². The first-order chi connectivity index (χ1) is 10.9. The first kappa shape index (κ1) is 20.7. The monoisotopic (exact) mass is 399 g/mol. The predicted octanol–water partition coefficient (Wildman–Crippen LogP) is 5.85. The molecule has 0 saturated carbocycles. The zero-order valence-electron chi connectivity index (χ0n) is 13.2. The highest BCUT2D eigenvalue weighted by atomic mass is 35.5. The van der Waals surface area contributed by atoms with Gasteiger partial charge in [-0.2, -0.15) is 0 Å². The van der Waals surface area contributed by atoms with Crippen molar-refractivity contribution in [1.82, 2.24) is 5.32 Å². The highest BCUT2D eigenvalue weighted by Gasteiger charge is 2.10. The van der Waals surface area contributed by atoms with E-state index in [9.17, 15) is 0 Å². The molecule has 0 aliphatic rings. The van der Waals surface area contributed by atoms with Crippen molar-refractivity contribution in [1.29, 1.82) is 0 Å². The lowest BCUT2D eigenvalue weighted by Gasteiger charge is -2.12. The Balaban J connectivity index is 2.45. The number of nitrogens with one attached hydrogen (secondary N) is 1. The van der Waals surface area contributed by atoms with Gasteiger partial charge in [0, 0.05) is 18.2 Å². The standard InChI is InChI=1S/C16H21Cl4NO2/c1-11(2)21-6-3-4-7-23-16-13(17)9-12(10-14(16)18)22-8-5-15(19)20/h5,9-11,21H,3-4,6-8H2,1-2H3. The predicted molar refractivity (Wildman–Crippen MR) is 99.6 cm³/mol. The third-order valence-electron chi connectivity index (χ3n) is 2.83. The Labute approximate surface area is 157 Å². The molecule has 7 heteroatoms. The Morgan fingerprint density at radius 3 is 2.35 bits per heavy atom. The maximum absolute atomic E-state index is 6.19. The largest absolute Gasteiger partial charge is 0.490 e. The van der Waals surface area contributed by atoms with Gasteiger partial charge in [-0.3, -0.25) is 0 Å². The fraction of sp³-hybridized carbons (Fsp3) is 0.500. The van der Waals surface area contributed by atoms with Crippen molar-refractivity contribution in [3.8, 4) is 11.5 Å². The lowest BCUT2D eigenvalue weighted by atomic mass is 10.3. The first-order valence-electron chi connectivity index (χ1n) is 7.39. The zero-order valence-corrected chi connectivity index (χ0v) is 16.2. The van der Waals surface area contributed by atoms with Gasteiger partial charge in [0.05, 0.1) is 16.7 Å². The minimum atomic E-state index is 0.147. The Morgan fingerprint density at radius 2 is 1.78 bits per heavy atom. The summed E-state index contributed by atoms with van der Waals surface area (Å²) in [5, 5.41) is 4.18. The van der Waals surface area contributed by atoms with Crippen LogP contribution in [0.15, 0.2) is 22.7 Å². The van der Waals surface area contributed by atoms with Gasteiger partial charge in [0.1, 0.15) is 16.8 Å². The number of ether oxygens (including phenoxy) is 2. The molecule has 1 N–H and O–H groups in total. The van der Waals surface area contributed by atoms with Crippen LogP contribution in [0.5, 0.6) is 11.5 Å². The maximum Gasteiger partial charge on any atom is 0.156 e. The van der Waals surface area contributed by atoms with Gasteiger partial charge in [0.15, 0.2) is 5.75 Å². The SMILES string of the molecule is CC(C)NCCCCOc1c(Cl)cc(OCC=C(Cl)Cl)cc1Cl. The molecule has 3 nitrogen and oxygen atoms in total. The summed E-state index contributed by atoms with van der Waals surface area (Å²) in [7, 11) is 0. The number of benzene rings is 1. The molecule has 0 radical (unpaired) electrons. The number of hydrogen-bond donors (Lipinski definition) is 1. The molecule has 130 valence electrons. The molecule has 0 aromatic heterocycles. The Kier molecular flexibility index (Phi) is 10.2. The molecular weight excluding hydrogens is 380 g/mol. The molecule has 1 aromatic rings. The van der Waals surface area contributed by atoms with Crippen LogP contribution in [-0.4, -0.2) is 25.8 Å². The van der Waals surface area contributed by atoms with E-state index in [-0.39, 0.29) is 11.1 Å². The maximum atomic E-state index is 6.19. The summed E-state index contributed by atoms with van der Waals surface area (Å²) in [6.07, 6.45) is 3.48. The van der Waals surface area contributed by atoms with Crippen molar-refractivity contribution in [2.75, 3.05) is 19.8 Å². The van der Waals surface area contributed by atoms with Crippen LogP contribution in [0.2, 0.25) is 10.0 Å². The average Bonchev–Trinajstić information content (AvgIpc) is 2.44. The van der Waals surface area contributed by atoms with E-state index < -0.39 is 0 Å². The number of hydrogen-bond acceptors (Lipinski definition) is 3. The van der Waals surface area contributed by atoms with Crippen LogP contribution in [-0.2, 0) is 0 Å². The van der Waals surface area contributed by atoms with Crippen LogP contribution >= 0.6 is 46.4 Å². The van der Waals surface area contributed by atoms with E-state index in [0.29, 0.717) is 34.2 Å². The highest BCUT2D eigenvalue weighted by Crippen LogP contribution is 2.37. The third kappa shape index (κ3) is 8.92. The highest BCUT2D eigenvalue weighted by molar-refractivity contribution is 6.55. The molecule has 0 bridgehead atoms. The molecule has 0 atom stereocenters. The van der Waals surface area contributed by atoms with Gasteiger partial charge < -0.3 is 14.8 Å². The van der Waals surface area contributed by atoms with Gasteiger partial charge in [-0.1, -0.05) is 60.3 Å². The van der Waals surface area contributed by atoms with Crippen LogP contribution in [0.3, 0.4) is 0 Å². The van der Waals surface area contributed by atoms with Gasteiger partial charge in [0.25, 0.3) is 0 Å². The average molecular weight is 401 g/mol. The molecule has 0 fully saturated rings. The lowest BCUT2D eigenvalue weighted by molar-refractivity contribution is 0.304. The summed E-state index contributed by atoms with van der Waals surface area (Å²) in [4.78, 5) is 0. The molecule has 0 aliphatic heterocycles. The second kappa shape index (κ2) is 11.3. The fourth-order valence-electron chi connectivity index (χ4n) is 1.75. The summed E-state index contributed by atoms with van der Waals surface area (Å²) < 4.78 is 11.3. The molecule has 0 amide bonds. The molecule has 0 unspecified atom stereocenters. The van der Waals surface area contributed by atoms with E-state index in [4.69, 9.17) is 55.9 Å². The lowest BCUT2D eigenvalue weighted by Crippen LogP contribution is -2.23. The molecular formula is C16H21Cl4NO2. The van der Waals surface area contributed by atoms with Crippen molar-refractivity contribution in [3.63, 3.8) is 0 Å². The molecule has 1 aromatic carbocycles. The molecule has 0 saturated heterocycles. The molecule has 23 heavy (non-hydrogen) atoms. The van der Waals surface area contributed by atoms with Crippen molar-refractivity contribution in [2.24, 2.45) is 0 Å². The van der Waals surface area contributed by atoms with E-state index in [1.807, 2.05) is 0 Å². The molecule has 0 aliphatic carbocycles. The van der Waals surface area contributed by atoms with E-state index in [1.165, 1.54) is 6.08 Å². The quantitative estimate of drug-likeness (QED) is 0.499. The fourth-order valence-corrected chi connectivity index (χ4v) is 2.45. The number of unbranched alkanes of at least 4 members (excludes halogenated alkanes) is 1. The smallest absolute Gasteiger partial charge is 0.156 e. The van der Waals surface area contributed by atoms with Crippen molar-refractivity contribution in [3.05, 3.63) is 32.7 Å². The van der Waals surface area contributed by atoms with E-state index in [2.05, 4.69) is 19.2 Å². The summed E-state index contributed by atoms with van der Waals surface area (Å²) in [6, 6.07) is 3.80. The topological polar surface area (TPSA) is 30.5 Å². The van der Waals surface area contributed by atoms with Gasteiger partial charge >= 0.3 is 0 Å². The van der Waals surface area contributed by atoms with Gasteiger partial charge in [-0.15, -0.1) is 0 Å². The van der Waals surface area contributed by atoms with Crippen LogP contribution in [0.1, 0.15) is 26.7 Å². The second-order valence-corrected chi connectivity index (χ2v) is 7.01. The van der Waals surface area contributed by atoms with Crippen LogP contribution in [0.4, 0.5) is 0 Å². The Hall–Kier alpha value is -0.320. The van der Waals surface area contributed by atoms with E-state index in [0.717, 1.165) is 19.4 Å². The summed E-state index contributed by atoms with van der Waals surface area (Å²) in [6.45, 7) is 6.00. The van der Waals surface area contributed by atoms with Gasteiger partial charge in [-0.25, -0.2) is 0 Å². The Morgan fingerprint density at radius 1 is 1.13 bits per heavy atom. The second-order valence-electron chi connectivity index (χ2n) is 5.19. The summed E-state index contributed by atoms with van der Waals surface area (Å²) in [5.41, 5.74) is 0. The minimum Gasteiger partial charge on any atom is -0.490 e. The van der Waals surface area contributed by atoms with Crippen molar-refractivity contribution in [2.45, 2.75) is 32.7 Å². The van der Waals surface area contributed by atoms with E-state index >= 15 is 0 Å². The number of rotatable bonds is 10. The normalized spacial score (nSPS) is 10.7. The van der Waals surface area contributed by atoms with Crippen molar-refractivity contribution >= 4 is 46.4 Å². The van der Waals surface area contributed by atoms with Crippen LogP contribution in [0.25, 0.3) is 0 Å². The van der Waals surface area contributed by atoms with Gasteiger partial charge in [0.2, 0.25) is 0 Å². The summed E-state index contributed by atoms with van der Waals surface area (Å²) >= 11 is 23.4. The molecule has 0 heterocycles. The van der Waals surface area contributed by atoms with Crippen molar-refractivity contribution < 1.29 is 9.47 Å². The van der Waals surface area contributed by atoms with Crippen LogP contribution < -0.4 is 14.8 Å². The first-order valence-corrected chi connectivity index (χ1v) is 8.90. The molecule has 1 rings (SSSR count). The zero-order chi connectivity index (χ0) is 17.2. The summed E-state index contributed by atoms with van der Waals surface area (Å²) in [5.74, 6) is 1.00. The minimum absolute atomic E-state index is 0.147. The van der Waals surface area contributed by atoms with Crippen LogP contribution in [0, 0.1) is 0 Å². The van der Waals surface area contributed by atoms with E-state index in [1.54, 1.807) is 12.1 Å². The molecule has 0 spiro atoms.